The molecule has 0 saturated carbocycles. The number of aromatic nitrogens is 1. The minimum absolute atomic E-state index is 0.623. The third-order valence-electron chi connectivity index (χ3n) is 4.28. The Hall–Kier alpha value is -1.41. The Morgan fingerprint density at radius 3 is 3.00 bits per heavy atom. The fourth-order valence-corrected chi connectivity index (χ4v) is 3.18. The lowest BCUT2D eigenvalue weighted by atomic mass is 9.87. The highest BCUT2D eigenvalue weighted by Crippen LogP contribution is 2.31. The average molecular weight is 254 g/mol. The first-order valence-electron chi connectivity index (χ1n) is 7.38. The summed E-state index contributed by atoms with van der Waals surface area (Å²) in [6.45, 7) is 6.66. The number of rotatable bonds is 2. The van der Waals surface area contributed by atoms with E-state index in [9.17, 15) is 0 Å². The fraction of sp³-hybridized carbons (Fsp3) is 0.471. The van der Waals surface area contributed by atoms with Crippen molar-refractivity contribution in [3.8, 4) is 0 Å². The molecular weight excluding hydrogens is 232 g/mol. The van der Waals surface area contributed by atoms with Crippen molar-refractivity contribution in [3.63, 3.8) is 0 Å². The van der Waals surface area contributed by atoms with Crippen molar-refractivity contribution in [2.24, 2.45) is 0 Å². The van der Waals surface area contributed by atoms with Crippen LogP contribution in [0, 0.1) is 6.92 Å². The molecule has 0 aliphatic carbocycles. The van der Waals surface area contributed by atoms with Crippen molar-refractivity contribution in [1.29, 1.82) is 0 Å². The molecule has 1 N–H and O–H groups in total. The van der Waals surface area contributed by atoms with Crippen LogP contribution in [0.2, 0.25) is 0 Å². The second kappa shape index (κ2) is 5.30. The van der Waals surface area contributed by atoms with Gasteiger partial charge in [0.2, 0.25) is 0 Å². The third-order valence-corrected chi connectivity index (χ3v) is 4.28. The van der Waals surface area contributed by atoms with E-state index < -0.39 is 0 Å². The van der Waals surface area contributed by atoms with E-state index in [2.05, 4.69) is 37.4 Å². The molecule has 1 saturated heterocycles. The van der Waals surface area contributed by atoms with Crippen molar-refractivity contribution in [1.82, 2.24) is 10.3 Å². The zero-order valence-corrected chi connectivity index (χ0v) is 11.9. The molecule has 1 aliphatic heterocycles. The zero-order valence-electron chi connectivity index (χ0n) is 11.9. The summed E-state index contributed by atoms with van der Waals surface area (Å²) < 4.78 is 0. The number of nitrogens with one attached hydrogen (secondary N) is 1. The van der Waals surface area contributed by atoms with Crippen LogP contribution in [0.5, 0.6) is 0 Å². The summed E-state index contributed by atoms with van der Waals surface area (Å²) in [7, 11) is 0. The Kier molecular flexibility index (Phi) is 3.52. The maximum absolute atomic E-state index is 4.76. The first-order valence-corrected chi connectivity index (χ1v) is 7.38. The van der Waals surface area contributed by atoms with Gasteiger partial charge in [0, 0.05) is 18.1 Å². The van der Waals surface area contributed by atoms with E-state index in [1.165, 1.54) is 40.4 Å². The van der Waals surface area contributed by atoms with Gasteiger partial charge in [-0.3, -0.25) is 4.98 Å². The topological polar surface area (TPSA) is 24.9 Å². The van der Waals surface area contributed by atoms with Crippen LogP contribution in [-0.4, -0.2) is 18.1 Å². The number of pyridine rings is 1. The van der Waals surface area contributed by atoms with E-state index in [1.807, 2.05) is 6.20 Å². The number of hydrogen-bond acceptors (Lipinski definition) is 2. The monoisotopic (exact) mass is 254 g/mol. The molecule has 0 unspecified atom stereocenters. The summed E-state index contributed by atoms with van der Waals surface area (Å²) in [6.07, 6.45) is 5.65. The van der Waals surface area contributed by atoms with Gasteiger partial charge in [0.1, 0.15) is 0 Å². The second-order valence-electron chi connectivity index (χ2n) is 5.61. The molecule has 2 heterocycles. The average Bonchev–Trinajstić information content (AvgIpc) is 2.47. The highest BCUT2D eigenvalue weighted by atomic mass is 14.9. The van der Waals surface area contributed by atoms with E-state index in [-0.39, 0.29) is 0 Å². The van der Waals surface area contributed by atoms with Crippen LogP contribution >= 0.6 is 0 Å². The van der Waals surface area contributed by atoms with Crippen LogP contribution < -0.4 is 5.32 Å². The summed E-state index contributed by atoms with van der Waals surface area (Å²) in [5.74, 6) is 0.623. The van der Waals surface area contributed by atoms with Crippen LogP contribution in [0.25, 0.3) is 10.9 Å². The molecule has 19 heavy (non-hydrogen) atoms. The molecule has 3 rings (SSSR count). The number of benzene rings is 1. The van der Waals surface area contributed by atoms with Gasteiger partial charge in [0.15, 0.2) is 0 Å². The van der Waals surface area contributed by atoms with Crippen molar-refractivity contribution in [2.75, 3.05) is 13.1 Å². The maximum atomic E-state index is 4.76. The number of hydrogen-bond donors (Lipinski definition) is 1. The molecule has 100 valence electrons. The van der Waals surface area contributed by atoms with Crippen LogP contribution in [0.1, 0.15) is 42.4 Å². The first-order chi connectivity index (χ1) is 9.29. The highest BCUT2D eigenvalue weighted by Gasteiger charge is 2.20. The molecule has 0 bridgehead atoms. The van der Waals surface area contributed by atoms with Gasteiger partial charge >= 0.3 is 0 Å². The Bertz CT molecular complexity index is 583. The Balaban J connectivity index is 2.13. The van der Waals surface area contributed by atoms with Crippen molar-refractivity contribution in [2.45, 2.75) is 39.0 Å². The molecule has 1 aliphatic rings. The lowest BCUT2D eigenvalue weighted by molar-refractivity contribution is 0.462. The van der Waals surface area contributed by atoms with E-state index in [0.29, 0.717) is 5.92 Å². The van der Waals surface area contributed by atoms with Crippen LogP contribution in [-0.2, 0) is 6.42 Å². The molecule has 0 spiro atoms. The summed E-state index contributed by atoms with van der Waals surface area (Å²) in [6, 6.07) is 6.77. The molecule has 1 aromatic carbocycles. The number of aryl methyl sites for hydroxylation is 2. The summed E-state index contributed by atoms with van der Waals surface area (Å²) >= 11 is 0. The maximum Gasteiger partial charge on any atom is 0.0740 e. The van der Waals surface area contributed by atoms with Gasteiger partial charge < -0.3 is 5.32 Å². The van der Waals surface area contributed by atoms with Gasteiger partial charge in [-0.1, -0.05) is 19.1 Å². The quantitative estimate of drug-likeness (QED) is 0.886. The summed E-state index contributed by atoms with van der Waals surface area (Å²) in [4.78, 5) is 4.76. The van der Waals surface area contributed by atoms with Gasteiger partial charge in [-0.05, 0) is 61.4 Å². The van der Waals surface area contributed by atoms with Gasteiger partial charge in [-0.25, -0.2) is 0 Å². The molecule has 2 aromatic rings. The molecule has 0 radical (unpaired) electrons. The minimum atomic E-state index is 0.623. The van der Waals surface area contributed by atoms with Crippen LogP contribution in [0.4, 0.5) is 0 Å². The molecule has 0 amide bonds. The van der Waals surface area contributed by atoms with Gasteiger partial charge in [0.05, 0.1) is 5.52 Å². The minimum Gasteiger partial charge on any atom is -0.316 e. The molecule has 2 nitrogen and oxygen atoms in total. The van der Waals surface area contributed by atoms with Crippen molar-refractivity contribution >= 4 is 10.9 Å². The summed E-state index contributed by atoms with van der Waals surface area (Å²) in [5, 5.41) is 4.82. The second-order valence-corrected chi connectivity index (χ2v) is 5.61. The first kappa shape index (κ1) is 12.6. The van der Waals surface area contributed by atoms with Crippen molar-refractivity contribution in [3.05, 3.63) is 41.1 Å². The van der Waals surface area contributed by atoms with E-state index in [1.54, 1.807) is 0 Å². The molecule has 1 fully saturated rings. The van der Waals surface area contributed by atoms with E-state index in [0.717, 1.165) is 19.5 Å². The van der Waals surface area contributed by atoms with Crippen molar-refractivity contribution < 1.29 is 0 Å². The summed E-state index contributed by atoms with van der Waals surface area (Å²) in [5.41, 5.74) is 5.39. The smallest absolute Gasteiger partial charge is 0.0740 e. The Morgan fingerprint density at radius 1 is 1.37 bits per heavy atom. The van der Waals surface area contributed by atoms with Crippen LogP contribution in [0.15, 0.2) is 24.4 Å². The van der Waals surface area contributed by atoms with E-state index in [4.69, 9.17) is 4.98 Å². The number of fused-ring (bicyclic) bond motifs is 1. The largest absolute Gasteiger partial charge is 0.316 e. The number of nitrogens with zero attached hydrogens (tertiary/aromatic N) is 1. The van der Waals surface area contributed by atoms with Gasteiger partial charge in [-0.15, -0.1) is 0 Å². The van der Waals surface area contributed by atoms with Crippen LogP contribution in [0.3, 0.4) is 0 Å². The lowest BCUT2D eigenvalue weighted by Gasteiger charge is -2.25. The Morgan fingerprint density at radius 2 is 2.26 bits per heavy atom. The van der Waals surface area contributed by atoms with Gasteiger partial charge in [-0.2, -0.15) is 0 Å². The number of piperidine rings is 1. The highest BCUT2D eigenvalue weighted by molar-refractivity contribution is 5.84. The predicted molar refractivity (Wildman–Crippen MR) is 80.7 cm³/mol. The SMILES string of the molecule is CCc1cnc2c([C@@H]3CCCNC3)c(C)ccc2c1. The predicted octanol–water partition coefficient (Wildman–Crippen LogP) is 3.57. The molecule has 1 aromatic heterocycles. The van der Waals surface area contributed by atoms with E-state index >= 15 is 0 Å². The molecule has 2 heteroatoms. The molecular formula is C17H22N2. The normalized spacial score (nSPS) is 19.8. The van der Waals surface area contributed by atoms with Gasteiger partial charge in [0.25, 0.3) is 0 Å². The fourth-order valence-electron chi connectivity index (χ4n) is 3.18. The molecule has 1 atom stereocenters. The lowest BCUT2D eigenvalue weighted by Crippen LogP contribution is -2.29. The zero-order chi connectivity index (χ0) is 13.2. The standard InChI is InChI=1S/C17H22N2/c1-3-13-9-14-7-6-12(2)16(17(14)19-10-13)15-5-4-8-18-11-15/h6-7,9-10,15,18H,3-5,8,11H2,1-2H3/t15-/m1/s1. The third kappa shape index (κ3) is 2.37. The Labute approximate surface area is 115 Å².